The van der Waals surface area contributed by atoms with E-state index < -0.39 is 0 Å². The quantitative estimate of drug-likeness (QED) is 0.300. The highest BCUT2D eigenvalue weighted by Crippen LogP contribution is 1.98. The van der Waals surface area contributed by atoms with Gasteiger partial charge in [-0.1, -0.05) is 11.8 Å². The molecule has 0 aliphatic rings. The molecule has 0 aromatic carbocycles. The molecule has 0 rings (SSSR count). The minimum Gasteiger partial charge on any atom is -0.287 e. The van der Waals surface area contributed by atoms with E-state index in [1.165, 1.54) is 11.8 Å². The van der Waals surface area contributed by atoms with Crippen LogP contribution in [0, 0.1) is 0 Å². The molecule has 3 nitrogen and oxygen atoms in total. The Hall–Kier alpha value is -0.220. The summed E-state index contributed by atoms with van der Waals surface area (Å²) in [7, 11) is 3.18. The summed E-state index contributed by atoms with van der Waals surface area (Å²) in [4.78, 5) is 3.76. The summed E-state index contributed by atoms with van der Waals surface area (Å²) in [5.74, 6) is 0. The molecule has 0 aromatic rings. The van der Waals surface area contributed by atoms with Crippen molar-refractivity contribution in [1.82, 2.24) is 5.06 Å². The minimum atomic E-state index is 0.616. The highest BCUT2D eigenvalue weighted by molar-refractivity contribution is 8.13. The first-order valence-electron chi connectivity index (χ1n) is 2.15. The third kappa shape index (κ3) is 2.18. The monoisotopic (exact) mass is 134 g/mol. The van der Waals surface area contributed by atoms with Crippen molar-refractivity contribution in [3.63, 3.8) is 0 Å². The molecule has 0 radical (unpaired) electrons. The summed E-state index contributed by atoms with van der Waals surface area (Å²) in [6.45, 7) is 0. The fraction of sp³-hybridized carbons (Fsp3) is 0.750. The summed E-state index contributed by atoms with van der Waals surface area (Å²) in [5, 5.41) is 10.3. The van der Waals surface area contributed by atoms with Gasteiger partial charge in [-0.25, -0.2) is 5.06 Å². The number of hydrogen-bond acceptors (Lipinski definition) is 3. The van der Waals surface area contributed by atoms with Gasteiger partial charge in [0.15, 0.2) is 5.17 Å². The predicted molar refractivity (Wildman–Crippen MR) is 36.4 cm³/mol. The number of nitrogens with zero attached hydrogens (tertiary/aromatic N) is 2. The van der Waals surface area contributed by atoms with Crippen LogP contribution in [-0.2, 0) is 0 Å². The van der Waals surface area contributed by atoms with Gasteiger partial charge in [-0.3, -0.25) is 10.2 Å². The van der Waals surface area contributed by atoms with Crippen molar-refractivity contribution in [2.24, 2.45) is 4.99 Å². The zero-order valence-corrected chi connectivity index (χ0v) is 6.07. The molecule has 0 heterocycles. The summed E-state index contributed by atoms with van der Waals surface area (Å²) < 4.78 is 0. The third-order valence-corrected chi connectivity index (χ3v) is 1.46. The molecule has 1 N–H and O–H groups in total. The molecule has 0 aliphatic heterocycles. The zero-order chi connectivity index (χ0) is 6.57. The van der Waals surface area contributed by atoms with Gasteiger partial charge in [0, 0.05) is 14.1 Å². The Morgan fingerprint density at radius 3 is 2.25 bits per heavy atom. The molecule has 0 amide bonds. The lowest BCUT2D eigenvalue weighted by Gasteiger charge is -2.08. The molecule has 0 fully saturated rings. The fourth-order valence-electron chi connectivity index (χ4n) is 0.368. The molecule has 0 spiro atoms. The van der Waals surface area contributed by atoms with Crippen LogP contribution in [-0.4, -0.2) is 35.8 Å². The van der Waals surface area contributed by atoms with Gasteiger partial charge in [-0.2, -0.15) is 0 Å². The molecule has 0 aliphatic carbocycles. The SMILES string of the molecule is CN=C(SC)N(C)O. The normalized spacial score (nSPS) is 11.8. The van der Waals surface area contributed by atoms with Crippen LogP contribution in [0.15, 0.2) is 4.99 Å². The number of hydroxylamine groups is 2. The van der Waals surface area contributed by atoms with Gasteiger partial charge in [0.05, 0.1) is 0 Å². The van der Waals surface area contributed by atoms with Gasteiger partial charge in [-0.05, 0) is 6.26 Å². The van der Waals surface area contributed by atoms with Crippen molar-refractivity contribution >= 4 is 16.9 Å². The van der Waals surface area contributed by atoms with Crippen LogP contribution in [0.25, 0.3) is 0 Å². The van der Waals surface area contributed by atoms with E-state index in [1.807, 2.05) is 6.26 Å². The van der Waals surface area contributed by atoms with Gasteiger partial charge in [0.2, 0.25) is 0 Å². The first kappa shape index (κ1) is 7.78. The average Bonchev–Trinajstić information content (AvgIpc) is 1.69. The first-order chi connectivity index (χ1) is 3.72. The van der Waals surface area contributed by atoms with Crippen LogP contribution in [0.2, 0.25) is 0 Å². The van der Waals surface area contributed by atoms with Gasteiger partial charge < -0.3 is 0 Å². The van der Waals surface area contributed by atoms with Crippen LogP contribution < -0.4 is 0 Å². The maximum Gasteiger partial charge on any atom is 0.182 e. The lowest BCUT2D eigenvalue weighted by atomic mass is 11.1. The zero-order valence-electron chi connectivity index (χ0n) is 5.25. The largest absolute Gasteiger partial charge is 0.287 e. The van der Waals surface area contributed by atoms with E-state index in [1.54, 1.807) is 14.1 Å². The summed E-state index contributed by atoms with van der Waals surface area (Å²) in [5.41, 5.74) is 0. The number of amidine groups is 1. The van der Waals surface area contributed by atoms with E-state index in [4.69, 9.17) is 5.21 Å². The molecular weight excluding hydrogens is 124 g/mol. The van der Waals surface area contributed by atoms with Gasteiger partial charge >= 0.3 is 0 Å². The molecule has 0 atom stereocenters. The molecule has 0 saturated heterocycles. The second kappa shape index (κ2) is 3.74. The minimum absolute atomic E-state index is 0.616. The topological polar surface area (TPSA) is 35.8 Å². The van der Waals surface area contributed by atoms with Crippen molar-refractivity contribution < 1.29 is 5.21 Å². The summed E-state index contributed by atoms with van der Waals surface area (Å²) in [6, 6.07) is 0. The van der Waals surface area contributed by atoms with Crippen LogP contribution in [0.3, 0.4) is 0 Å². The summed E-state index contributed by atoms with van der Waals surface area (Å²) >= 11 is 1.40. The van der Waals surface area contributed by atoms with Crippen molar-refractivity contribution in [2.45, 2.75) is 0 Å². The predicted octanol–water partition coefficient (Wildman–Crippen LogP) is 0.656. The number of rotatable bonds is 0. The lowest BCUT2D eigenvalue weighted by Crippen LogP contribution is -2.18. The molecule has 4 heteroatoms. The highest BCUT2D eigenvalue weighted by Gasteiger charge is 1.95. The second-order valence-electron chi connectivity index (χ2n) is 1.23. The van der Waals surface area contributed by atoms with E-state index in [0.29, 0.717) is 5.17 Å². The van der Waals surface area contributed by atoms with Crippen LogP contribution in [0.1, 0.15) is 0 Å². The Kier molecular flexibility index (Phi) is 3.64. The average molecular weight is 134 g/mol. The molecule has 0 aromatic heterocycles. The smallest absolute Gasteiger partial charge is 0.182 e. The molecule has 0 unspecified atom stereocenters. The van der Waals surface area contributed by atoms with Gasteiger partial charge in [0.1, 0.15) is 0 Å². The Balaban J connectivity index is 3.72. The standard InChI is InChI=1S/C4H10N2OS/c1-5-4(8-3)6(2)7/h7H,1-3H3. The number of thioether (sulfide) groups is 1. The van der Waals surface area contributed by atoms with E-state index in [2.05, 4.69) is 4.99 Å². The maximum atomic E-state index is 8.69. The van der Waals surface area contributed by atoms with E-state index >= 15 is 0 Å². The Labute approximate surface area is 53.4 Å². The van der Waals surface area contributed by atoms with E-state index in [9.17, 15) is 0 Å². The Morgan fingerprint density at radius 2 is 2.25 bits per heavy atom. The molecule has 48 valence electrons. The lowest BCUT2D eigenvalue weighted by molar-refractivity contribution is 0.0176. The highest BCUT2D eigenvalue weighted by atomic mass is 32.2. The second-order valence-corrected chi connectivity index (χ2v) is 2.01. The third-order valence-electron chi connectivity index (χ3n) is 0.651. The first-order valence-corrected chi connectivity index (χ1v) is 3.38. The Morgan fingerprint density at radius 1 is 1.75 bits per heavy atom. The molecular formula is C4H10N2OS. The van der Waals surface area contributed by atoms with Crippen LogP contribution >= 0.6 is 11.8 Å². The molecule has 0 saturated carbocycles. The van der Waals surface area contributed by atoms with Crippen molar-refractivity contribution in [3.05, 3.63) is 0 Å². The Bertz CT molecular complexity index is 92.0. The van der Waals surface area contributed by atoms with Gasteiger partial charge in [0.25, 0.3) is 0 Å². The van der Waals surface area contributed by atoms with Crippen LogP contribution in [0.5, 0.6) is 0 Å². The van der Waals surface area contributed by atoms with E-state index in [0.717, 1.165) is 5.06 Å². The van der Waals surface area contributed by atoms with Crippen molar-refractivity contribution in [2.75, 3.05) is 20.4 Å². The fourth-order valence-corrected chi connectivity index (χ4v) is 0.815. The molecule has 0 bridgehead atoms. The molecule has 8 heavy (non-hydrogen) atoms. The van der Waals surface area contributed by atoms with Crippen LogP contribution in [0.4, 0.5) is 0 Å². The number of hydrogen-bond donors (Lipinski definition) is 1. The maximum absolute atomic E-state index is 8.69. The van der Waals surface area contributed by atoms with Gasteiger partial charge in [-0.15, -0.1) is 0 Å². The van der Waals surface area contributed by atoms with Crippen molar-refractivity contribution in [1.29, 1.82) is 0 Å². The van der Waals surface area contributed by atoms with Crippen molar-refractivity contribution in [3.8, 4) is 0 Å². The summed E-state index contributed by atoms with van der Waals surface area (Å²) in [6.07, 6.45) is 1.86. The van der Waals surface area contributed by atoms with E-state index in [-0.39, 0.29) is 0 Å². The number of aliphatic imine (C=N–C) groups is 1.